The van der Waals surface area contributed by atoms with Crippen molar-refractivity contribution in [1.29, 1.82) is 0 Å². The van der Waals surface area contributed by atoms with Crippen LogP contribution in [0.15, 0.2) is 116 Å². The smallest absolute Gasteiger partial charge is 0.116 e. The summed E-state index contributed by atoms with van der Waals surface area (Å²) in [5, 5.41) is 13.1. The largest absolute Gasteiger partial charge is 0.358 e. The Kier molecular flexibility index (Phi) is 5.82. The molecule has 0 unspecified atom stereocenters. The zero-order valence-corrected chi connectivity index (χ0v) is 21.5. The van der Waals surface area contributed by atoms with Gasteiger partial charge in [0.25, 0.3) is 0 Å². The van der Waals surface area contributed by atoms with Crippen molar-refractivity contribution in [3.63, 3.8) is 0 Å². The zero-order chi connectivity index (χ0) is 26.9. The van der Waals surface area contributed by atoms with Crippen LogP contribution in [0.25, 0.3) is 55.7 Å². The zero-order valence-electron chi connectivity index (χ0n) is 21.5. The predicted molar refractivity (Wildman–Crippen MR) is 158 cm³/mol. The van der Waals surface area contributed by atoms with Gasteiger partial charge in [0.05, 0.1) is 52.4 Å². The fourth-order valence-electron chi connectivity index (χ4n) is 4.92. The Morgan fingerprint density at radius 2 is 1.65 bits per heavy atom. The number of allylic oxidation sites excluding steroid dienone is 1. The maximum absolute atomic E-state index is 4.68. The second-order valence-corrected chi connectivity index (χ2v) is 9.59. The number of anilines is 1. The van der Waals surface area contributed by atoms with E-state index in [2.05, 4.69) is 65.2 Å². The van der Waals surface area contributed by atoms with E-state index in [9.17, 15) is 0 Å². The van der Waals surface area contributed by atoms with Crippen molar-refractivity contribution < 1.29 is 0 Å². The van der Waals surface area contributed by atoms with E-state index >= 15 is 0 Å². The van der Waals surface area contributed by atoms with E-state index in [1.165, 1.54) is 5.56 Å². The number of hydrogen-bond donors (Lipinski definition) is 3. The van der Waals surface area contributed by atoms with Gasteiger partial charge in [0.2, 0.25) is 0 Å². The quantitative estimate of drug-likeness (QED) is 0.213. The molecule has 6 heterocycles. The molecule has 1 aromatic carbocycles. The number of pyridine rings is 4. The molecule has 7 aromatic rings. The lowest BCUT2D eigenvalue weighted by atomic mass is 10.1. The molecule has 40 heavy (non-hydrogen) atoms. The van der Waals surface area contributed by atoms with Gasteiger partial charge in [0, 0.05) is 52.6 Å². The van der Waals surface area contributed by atoms with Crippen molar-refractivity contribution in [2.24, 2.45) is 0 Å². The van der Waals surface area contributed by atoms with E-state index in [0.717, 1.165) is 73.5 Å². The summed E-state index contributed by atoms with van der Waals surface area (Å²) < 4.78 is 0. The third-order valence-electron chi connectivity index (χ3n) is 6.80. The second-order valence-electron chi connectivity index (χ2n) is 9.59. The molecule has 0 bridgehead atoms. The van der Waals surface area contributed by atoms with Crippen molar-refractivity contribution in [3.8, 4) is 33.9 Å². The molecule has 0 aliphatic rings. The molecule has 3 N–H and O–H groups in total. The molecule has 0 radical (unpaired) electrons. The minimum absolute atomic E-state index is 0.732. The molecule has 0 aliphatic carbocycles. The summed E-state index contributed by atoms with van der Waals surface area (Å²) in [6.45, 7) is 4.19. The third kappa shape index (κ3) is 4.48. The maximum atomic E-state index is 4.68. The summed E-state index contributed by atoms with van der Waals surface area (Å²) in [4.78, 5) is 21.5. The standard InChI is InChI=1S/C32H24N8/c1-20(11-21-7-3-2-4-8-21)37-23-12-22(15-33-16-23)28-14-25-31(19-36-28)39-40-32(25)29-13-24-26(17-34-18-30(24)38-29)27-9-5-6-10-35-27/h2-10,12-19,37-38H,1,11H2,(H,39,40). The Morgan fingerprint density at radius 1 is 0.775 bits per heavy atom. The monoisotopic (exact) mass is 520 g/mol. The average Bonchev–Trinajstić information content (AvgIpc) is 3.62. The van der Waals surface area contributed by atoms with Gasteiger partial charge in [-0.1, -0.05) is 43.0 Å². The van der Waals surface area contributed by atoms with E-state index in [-0.39, 0.29) is 0 Å². The van der Waals surface area contributed by atoms with Crippen LogP contribution in [0.2, 0.25) is 0 Å². The topological polar surface area (TPSA) is 108 Å². The van der Waals surface area contributed by atoms with Gasteiger partial charge in [-0.15, -0.1) is 0 Å². The fraction of sp³-hybridized carbons (Fsp3) is 0.0312. The molecule has 0 atom stereocenters. The van der Waals surface area contributed by atoms with Gasteiger partial charge in [0.15, 0.2) is 0 Å². The molecular weight excluding hydrogens is 496 g/mol. The number of nitrogens with zero attached hydrogens (tertiary/aromatic N) is 5. The third-order valence-corrected chi connectivity index (χ3v) is 6.80. The van der Waals surface area contributed by atoms with Crippen LogP contribution in [0.3, 0.4) is 0 Å². The van der Waals surface area contributed by atoms with Crippen molar-refractivity contribution in [1.82, 2.24) is 35.1 Å². The summed E-state index contributed by atoms with van der Waals surface area (Å²) in [5.74, 6) is 0. The van der Waals surface area contributed by atoms with Crippen LogP contribution in [0.4, 0.5) is 5.69 Å². The highest BCUT2D eigenvalue weighted by Gasteiger charge is 2.15. The molecule has 8 heteroatoms. The van der Waals surface area contributed by atoms with Crippen molar-refractivity contribution in [2.45, 2.75) is 6.42 Å². The Morgan fingerprint density at radius 3 is 2.52 bits per heavy atom. The molecule has 8 nitrogen and oxygen atoms in total. The molecular formula is C32H24N8. The minimum Gasteiger partial charge on any atom is -0.358 e. The van der Waals surface area contributed by atoms with Crippen molar-refractivity contribution in [2.75, 3.05) is 5.32 Å². The molecule has 6 aromatic heterocycles. The Bertz CT molecular complexity index is 1970. The van der Waals surface area contributed by atoms with Gasteiger partial charge in [-0.25, -0.2) is 0 Å². The van der Waals surface area contributed by atoms with Crippen LogP contribution in [0.1, 0.15) is 5.56 Å². The number of fused-ring (bicyclic) bond motifs is 2. The van der Waals surface area contributed by atoms with Crippen molar-refractivity contribution in [3.05, 3.63) is 122 Å². The number of rotatable bonds is 7. The van der Waals surface area contributed by atoms with Crippen LogP contribution in [0.5, 0.6) is 0 Å². The van der Waals surface area contributed by atoms with E-state index in [1.807, 2.05) is 67.1 Å². The second kappa shape index (κ2) is 9.92. The molecule has 0 amide bonds. The molecule has 0 fully saturated rings. The van der Waals surface area contributed by atoms with E-state index in [1.54, 1.807) is 18.6 Å². The number of H-pyrrole nitrogens is 2. The van der Waals surface area contributed by atoms with Gasteiger partial charge in [0.1, 0.15) is 5.69 Å². The molecule has 0 spiro atoms. The summed E-state index contributed by atoms with van der Waals surface area (Å²) in [5.41, 5.74) is 9.93. The molecule has 192 valence electrons. The van der Waals surface area contributed by atoms with Gasteiger partial charge >= 0.3 is 0 Å². The summed E-state index contributed by atoms with van der Waals surface area (Å²) in [6, 6.07) is 22.3. The number of hydrogen-bond acceptors (Lipinski definition) is 6. The lowest BCUT2D eigenvalue weighted by Crippen LogP contribution is -2.02. The normalized spacial score (nSPS) is 11.2. The summed E-state index contributed by atoms with van der Waals surface area (Å²) in [6.07, 6.45) is 11.6. The number of nitrogens with one attached hydrogen (secondary N) is 3. The highest BCUT2D eigenvalue weighted by Crippen LogP contribution is 2.34. The van der Waals surface area contributed by atoms with E-state index in [4.69, 9.17) is 0 Å². The van der Waals surface area contributed by atoms with Gasteiger partial charge < -0.3 is 10.3 Å². The molecule has 7 rings (SSSR count). The van der Waals surface area contributed by atoms with Crippen LogP contribution < -0.4 is 5.32 Å². The average molecular weight is 521 g/mol. The van der Waals surface area contributed by atoms with Crippen LogP contribution in [0, 0.1) is 0 Å². The fourth-order valence-corrected chi connectivity index (χ4v) is 4.92. The first kappa shape index (κ1) is 23.5. The maximum Gasteiger partial charge on any atom is 0.116 e. The lowest BCUT2D eigenvalue weighted by Gasteiger charge is -2.11. The summed E-state index contributed by atoms with van der Waals surface area (Å²) >= 11 is 0. The van der Waals surface area contributed by atoms with Crippen LogP contribution in [-0.2, 0) is 6.42 Å². The van der Waals surface area contributed by atoms with Crippen LogP contribution in [-0.4, -0.2) is 35.1 Å². The van der Waals surface area contributed by atoms with Gasteiger partial charge in [-0.05, 0) is 35.9 Å². The van der Waals surface area contributed by atoms with E-state index < -0.39 is 0 Å². The molecule has 0 saturated carbocycles. The Balaban J connectivity index is 1.21. The minimum atomic E-state index is 0.732. The highest BCUT2D eigenvalue weighted by molar-refractivity contribution is 6.00. The Labute approximate surface area is 229 Å². The first-order valence-corrected chi connectivity index (χ1v) is 12.9. The predicted octanol–water partition coefficient (Wildman–Crippen LogP) is 6.79. The number of benzene rings is 1. The van der Waals surface area contributed by atoms with Crippen molar-refractivity contribution >= 4 is 27.5 Å². The van der Waals surface area contributed by atoms with Crippen LogP contribution >= 0.6 is 0 Å². The number of aromatic nitrogens is 7. The van der Waals surface area contributed by atoms with Gasteiger partial charge in [-0.2, -0.15) is 5.10 Å². The first-order chi connectivity index (χ1) is 19.7. The molecule has 0 aliphatic heterocycles. The molecule has 0 saturated heterocycles. The highest BCUT2D eigenvalue weighted by atomic mass is 15.1. The lowest BCUT2D eigenvalue weighted by molar-refractivity contribution is 1.11. The summed E-state index contributed by atoms with van der Waals surface area (Å²) in [7, 11) is 0. The van der Waals surface area contributed by atoms with E-state index in [0.29, 0.717) is 0 Å². The SMILES string of the molecule is C=C(Cc1ccccc1)Nc1cncc(-c2cc3c(-c4cc5c(-c6ccccn6)cncc5[nH]4)n[nH]c3cn2)c1. The first-order valence-electron chi connectivity index (χ1n) is 12.9. The van der Waals surface area contributed by atoms with Gasteiger partial charge in [-0.3, -0.25) is 25.0 Å². The Hall–Kier alpha value is -5.63. The number of aromatic amines is 2.